The van der Waals surface area contributed by atoms with Crippen molar-refractivity contribution in [3.05, 3.63) is 58.7 Å². The summed E-state index contributed by atoms with van der Waals surface area (Å²) in [4.78, 5) is 13.6. The van der Waals surface area contributed by atoms with E-state index in [1.807, 2.05) is 32.9 Å². The molecule has 3 aromatic rings. The van der Waals surface area contributed by atoms with Crippen LogP contribution in [-0.2, 0) is 5.75 Å². The van der Waals surface area contributed by atoms with Crippen molar-refractivity contribution in [2.45, 2.75) is 38.6 Å². The molecule has 2 heterocycles. The number of hydrogen-bond donors (Lipinski definition) is 0. The third-order valence-corrected chi connectivity index (χ3v) is 4.69. The van der Waals surface area contributed by atoms with Gasteiger partial charge in [0.2, 0.25) is 5.89 Å². The van der Waals surface area contributed by atoms with Gasteiger partial charge in [-0.1, -0.05) is 29.5 Å². The van der Waals surface area contributed by atoms with Crippen LogP contribution in [0.4, 0.5) is 0 Å². The van der Waals surface area contributed by atoms with Crippen molar-refractivity contribution >= 4 is 11.8 Å². The highest BCUT2D eigenvalue weighted by molar-refractivity contribution is 7.98. The predicted octanol–water partition coefficient (Wildman–Crippen LogP) is 4.66. The lowest BCUT2D eigenvalue weighted by molar-refractivity contribution is 0.573. The van der Waals surface area contributed by atoms with E-state index in [-0.39, 0.29) is 0 Å². The number of thioether (sulfide) groups is 1. The first-order valence-electron chi connectivity index (χ1n) is 7.49. The van der Waals surface area contributed by atoms with Crippen LogP contribution >= 0.6 is 11.8 Å². The number of rotatable bonds is 4. The molecule has 23 heavy (non-hydrogen) atoms. The van der Waals surface area contributed by atoms with Gasteiger partial charge in [-0.3, -0.25) is 0 Å². The van der Waals surface area contributed by atoms with Crippen LogP contribution < -0.4 is 0 Å². The maximum atomic E-state index is 5.58. The molecular weight excluding hydrogens is 306 g/mol. The highest BCUT2D eigenvalue weighted by Crippen LogP contribution is 2.24. The highest BCUT2D eigenvalue weighted by Gasteiger charge is 2.09. The van der Waals surface area contributed by atoms with Gasteiger partial charge in [0.05, 0.1) is 5.69 Å². The summed E-state index contributed by atoms with van der Waals surface area (Å²) < 4.78 is 5.58. The van der Waals surface area contributed by atoms with E-state index in [0.29, 0.717) is 11.6 Å². The highest BCUT2D eigenvalue weighted by atomic mass is 32.2. The second kappa shape index (κ2) is 6.54. The van der Waals surface area contributed by atoms with Crippen LogP contribution in [0.1, 0.15) is 28.2 Å². The summed E-state index contributed by atoms with van der Waals surface area (Å²) in [5, 5.41) is 0.783. The molecule has 0 fully saturated rings. The summed E-state index contributed by atoms with van der Waals surface area (Å²) in [7, 11) is 0. The molecule has 0 N–H and O–H groups in total. The van der Waals surface area contributed by atoms with E-state index in [4.69, 9.17) is 4.42 Å². The Morgan fingerprint density at radius 2 is 1.57 bits per heavy atom. The van der Waals surface area contributed by atoms with Crippen molar-refractivity contribution in [2.24, 2.45) is 0 Å². The van der Waals surface area contributed by atoms with Crippen molar-refractivity contribution in [2.75, 3.05) is 0 Å². The lowest BCUT2D eigenvalue weighted by atomic mass is 10.1. The van der Waals surface area contributed by atoms with Gasteiger partial charge >= 0.3 is 0 Å². The van der Waals surface area contributed by atoms with Crippen LogP contribution in [0.2, 0.25) is 0 Å². The molecular formula is C18H19N3OS. The smallest absolute Gasteiger partial charge is 0.226 e. The van der Waals surface area contributed by atoms with Crippen LogP contribution in [0.15, 0.2) is 40.1 Å². The number of aryl methyl sites for hydroxylation is 3. The molecule has 118 valence electrons. The number of oxazole rings is 1. The van der Waals surface area contributed by atoms with Gasteiger partial charge in [-0.2, -0.15) is 0 Å². The van der Waals surface area contributed by atoms with E-state index in [9.17, 15) is 0 Å². The molecule has 1 aromatic carbocycles. The van der Waals surface area contributed by atoms with Gasteiger partial charge in [0.1, 0.15) is 6.26 Å². The van der Waals surface area contributed by atoms with Crippen molar-refractivity contribution in [3.8, 4) is 11.5 Å². The van der Waals surface area contributed by atoms with Crippen molar-refractivity contribution in [3.63, 3.8) is 0 Å². The molecule has 0 aliphatic carbocycles. The molecule has 0 spiro atoms. The molecule has 0 aliphatic rings. The second-order valence-corrected chi connectivity index (χ2v) is 6.54. The van der Waals surface area contributed by atoms with Crippen LogP contribution in [0.25, 0.3) is 11.5 Å². The first-order chi connectivity index (χ1) is 11.0. The van der Waals surface area contributed by atoms with Gasteiger partial charge in [-0.25, -0.2) is 15.0 Å². The fourth-order valence-electron chi connectivity index (χ4n) is 2.15. The molecule has 0 bridgehead atoms. The fourth-order valence-corrected chi connectivity index (χ4v) is 2.96. The molecule has 0 saturated carbocycles. The third kappa shape index (κ3) is 3.62. The van der Waals surface area contributed by atoms with Crippen LogP contribution in [0, 0.1) is 27.7 Å². The van der Waals surface area contributed by atoms with Crippen LogP contribution in [-0.4, -0.2) is 15.0 Å². The standard InChI is InChI=1S/C18H19N3OS/c1-11-5-7-15(8-6-11)17-21-16(9-22-17)10-23-18-19-13(3)12(2)14(4)20-18/h5-9H,10H2,1-4H3. The summed E-state index contributed by atoms with van der Waals surface area (Å²) in [5.74, 6) is 1.34. The molecule has 0 atom stereocenters. The minimum Gasteiger partial charge on any atom is -0.444 e. The predicted molar refractivity (Wildman–Crippen MR) is 92.5 cm³/mol. The lowest BCUT2D eigenvalue weighted by Gasteiger charge is -2.05. The minimum atomic E-state index is 0.651. The van der Waals surface area contributed by atoms with Crippen LogP contribution in [0.5, 0.6) is 0 Å². The van der Waals surface area contributed by atoms with Gasteiger partial charge in [0.15, 0.2) is 5.16 Å². The maximum Gasteiger partial charge on any atom is 0.226 e. The molecule has 0 unspecified atom stereocenters. The average Bonchev–Trinajstić information content (AvgIpc) is 3.00. The van der Waals surface area contributed by atoms with Gasteiger partial charge in [0, 0.05) is 22.7 Å². The first kappa shape index (κ1) is 15.7. The molecule has 0 aliphatic heterocycles. The molecule has 4 nitrogen and oxygen atoms in total. The summed E-state index contributed by atoms with van der Waals surface area (Å²) in [6, 6.07) is 8.15. The number of aromatic nitrogens is 3. The molecule has 0 radical (unpaired) electrons. The van der Waals surface area contributed by atoms with Crippen molar-refractivity contribution in [1.29, 1.82) is 0 Å². The second-order valence-electron chi connectivity index (χ2n) is 5.60. The SMILES string of the molecule is Cc1ccc(-c2nc(CSc3nc(C)c(C)c(C)n3)co2)cc1. The summed E-state index contributed by atoms with van der Waals surface area (Å²) >= 11 is 1.58. The Morgan fingerprint density at radius 1 is 0.913 bits per heavy atom. The Morgan fingerprint density at radius 3 is 2.22 bits per heavy atom. The molecule has 0 saturated heterocycles. The molecule has 3 rings (SSSR count). The Bertz CT molecular complexity index is 802. The van der Waals surface area contributed by atoms with E-state index in [1.54, 1.807) is 18.0 Å². The number of nitrogens with zero attached hydrogens (tertiary/aromatic N) is 3. The minimum absolute atomic E-state index is 0.651. The van der Waals surface area contributed by atoms with E-state index in [0.717, 1.165) is 33.4 Å². The summed E-state index contributed by atoms with van der Waals surface area (Å²) in [6.07, 6.45) is 1.70. The summed E-state index contributed by atoms with van der Waals surface area (Å²) in [5.41, 5.74) is 6.31. The summed E-state index contributed by atoms with van der Waals surface area (Å²) in [6.45, 7) is 8.14. The quantitative estimate of drug-likeness (QED) is 0.516. The third-order valence-electron chi connectivity index (χ3n) is 3.81. The zero-order valence-electron chi connectivity index (χ0n) is 13.8. The average molecular weight is 325 g/mol. The van der Waals surface area contributed by atoms with Gasteiger partial charge in [0.25, 0.3) is 0 Å². The van der Waals surface area contributed by atoms with Gasteiger partial charge in [-0.15, -0.1) is 0 Å². The van der Waals surface area contributed by atoms with E-state index in [1.165, 1.54) is 5.56 Å². The molecule has 5 heteroatoms. The van der Waals surface area contributed by atoms with E-state index < -0.39 is 0 Å². The lowest BCUT2D eigenvalue weighted by Crippen LogP contribution is -1.98. The zero-order valence-corrected chi connectivity index (χ0v) is 14.6. The van der Waals surface area contributed by atoms with Crippen molar-refractivity contribution in [1.82, 2.24) is 15.0 Å². The zero-order chi connectivity index (χ0) is 16.4. The number of hydrogen-bond acceptors (Lipinski definition) is 5. The van der Waals surface area contributed by atoms with E-state index >= 15 is 0 Å². The molecule has 0 amide bonds. The number of benzene rings is 1. The van der Waals surface area contributed by atoms with E-state index in [2.05, 4.69) is 34.0 Å². The maximum absolute atomic E-state index is 5.58. The fraction of sp³-hybridized carbons (Fsp3) is 0.278. The first-order valence-corrected chi connectivity index (χ1v) is 8.47. The Balaban J connectivity index is 1.71. The monoisotopic (exact) mass is 325 g/mol. The van der Waals surface area contributed by atoms with Crippen molar-refractivity contribution < 1.29 is 4.42 Å². The largest absolute Gasteiger partial charge is 0.444 e. The Hall–Kier alpha value is -2.14. The van der Waals surface area contributed by atoms with Gasteiger partial charge < -0.3 is 4.42 Å². The normalized spacial score (nSPS) is 11.0. The Labute approximate surface area is 140 Å². The van der Waals surface area contributed by atoms with Gasteiger partial charge in [-0.05, 0) is 45.4 Å². The van der Waals surface area contributed by atoms with Crippen LogP contribution in [0.3, 0.4) is 0 Å². The topological polar surface area (TPSA) is 51.8 Å². The molecule has 2 aromatic heterocycles. The Kier molecular flexibility index (Phi) is 4.48.